The summed E-state index contributed by atoms with van der Waals surface area (Å²) in [6, 6.07) is 11.6. The Hall–Kier alpha value is -4.38. The molecule has 0 spiro atoms. The van der Waals surface area contributed by atoms with Crippen LogP contribution in [0.15, 0.2) is 62.9 Å². The summed E-state index contributed by atoms with van der Waals surface area (Å²) in [6.45, 7) is 3.33. The first kappa shape index (κ1) is 24.3. The van der Waals surface area contributed by atoms with Crippen LogP contribution in [0.25, 0.3) is 21.6 Å². The predicted octanol–water partition coefficient (Wildman–Crippen LogP) is 2.73. The molecule has 4 aromatic heterocycles. The highest BCUT2D eigenvalue weighted by Crippen LogP contribution is 2.29. The van der Waals surface area contributed by atoms with Crippen molar-refractivity contribution in [3.05, 3.63) is 107 Å². The predicted molar refractivity (Wildman–Crippen MR) is 140 cm³/mol. The second-order valence-corrected chi connectivity index (χ2v) is 9.87. The van der Waals surface area contributed by atoms with Gasteiger partial charge in [0, 0.05) is 25.9 Å². The van der Waals surface area contributed by atoms with Gasteiger partial charge in [-0.15, -0.1) is 11.3 Å². The number of benzene rings is 1. The van der Waals surface area contributed by atoms with Crippen molar-refractivity contribution in [1.82, 2.24) is 23.4 Å². The lowest BCUT2D eigenvalue weighted by Gasteiger charge is -2.13. The molecule has 5 aromatic rings. The third-order valence-electron chi connectivity index (χ3n) is 6.15. The van der Waals surface area contributed by atoms with Gasteiger partial charge < -0.3 is 4.90 Å². The number of thiophene rings is 1. The van der Waals surface area contributed by atoms with Crippen LogP contribution in [0.1, 0.15) is 26.6 Å². The van der Waals surface area contributed by atoms with Crippen LogP contribution in [-0.2, 0) is 6.54 Å². The number of amides is 1. The Balaban J connectivity index is 1.83. The molecule has 9 nitrogen and oxygen atoms in total. The molecule has 0 aliphatic carbocycles. The number of rotatable bonds is 4. The van der Waals surface area contributed by atoms with Gasteiger partial charge >= 0.3 is 5.69 Å². The van der Waals surface area contributed by atoms with E-state index in [1.54, 1.807) is 46.1 Å². The molecule has 11 heteroatoms. The second kappa shape index (κ2) is 8.93. The Morgan fingerprint density at radius 1 is 1.05 bits per heavy atom. The maximum atomic E-state index is 13.8. The number of pyridine rings is 1. The highest BCUT2D eigenvalue weighted by molar-refractivity contribution is 7.20. The van der Waals surface area contributed by atoms with E-state index in [1.807, 2.05) is 0 Å². The maximum Gasteiger partial charge on any atom is 0.337 e. The Kier molecular flexibility index (Phi) is 5.87. The number of carbonyl (C=O) groups excluding carboxylic acids is 1. The van der Waals surface area contributed by atoms with Crippen molar-refractivity contribution in [3.8, 4) is 5.69 Å². The summed E-state index contributed by atoms with van der Waals surface area (Å²) in [5, 5.41) is 0.201. The van der Waals surface area contributed by atoms with Gasteiger partial charge in [0.2, 0.25) is 0 Å². The molecule has 0 atom stereocenters. The molecule has 0 aliphatic rings. The van der Waals surface area contributed by atoms with Crippen LogP contribution in [-0.4, -0.2) is 43.4 Å². The molecular weight excluding hydrogens is 497 g/mol. The normalized spacial score (nSPS) is 11.4. The van der Waals surface area contributed by atoms with Gasteiger partial charge in [-0.1, -0.05) is 6.07 Å². The van der Waals surface area contributed by atoms with Crippen LogP contribution in [0.4, 0.5) is 4.39 Å². The number of halogens is 1. The molecule has 5 rings (SSSR count). The van der Waals surface area contributed by atoms with E-state index in [0.717, 1.165) is 28.0 Å². The fraction of sp³-hybridized carbons (Fsp3) is 0.192. The Labute approximate surface area is 213 Å². The molecule has 0 radical (unpaired) electrons. The Bertz CT molecular complexity index is 1900. The van der Waals surface area contributed by atoms with Gasteiger partial charge in [-0.2, -0.15) is 0 Å². The number of carbonyl (C=O) groups is 1. The molecule has 1 aromatic carbocycles. The van der Waals surface area contributed by atoms with Crippen LogP contribution in [0.3, 0.4) is 0 Å². The van der Waals surface area contributed by atoms with Crippen LogP contribution in [0, 0.1) is 19.7 Å². The van der Waals surface area contributed by atoms with E-state index < -0.39 is 17.1 Å². The summed E-state index contributed by atoms with van der Waals surface area (Å²) in [5.74, 6) is -0.817. The van der Waals surface area contributed by atoms with Crippen LogP contribution >= 0.6 is 11.3 Å². The molecule has 0 saturated heterocycles. The summed E-state index contributed by atoms with van der Waals surface area (Å²) >= 11 is 1.04. The third-order valence-corrected chi connectivity index (χ3v) is 7.45. The van der Waals surface area contributed by atoms with Gasteiger partial charge in [0.25, 0.3) is 17.0 Å². The van der Waals surface area contributed by atoms with Crippen LogP contribution < -0.4 is 16.8 Å². The molecule has 0 saturated carbocycles. The van der Waals surface area contributed by atoms with Gasteiger partial charge in [0.1, 0.15) is 16.3 Å². The van der Waals surface area contributed by atoms with Crippen molar-refractivity contribution in [2.75, 3.05) is 14.1 Å². The van der Waals surface area contributed by atoms with E-state index in [4.69, 9.17) is 0 Å². The first-order valence-corrected chi connectivity index (χ1v) is 12.1. The van der Waals surface area contributed by atoms with Gasteiger partial charge in [-0.25, -0.2) is 18.7 Å². The van der Waals surface area contributed by atoms with E-state index in [0.29, 0.717) is 32.3 Å². The molecule has 0 N–H and O–H groups in total. The van der Waals surface area contributed by atoms with Gasteiger partial charge in [0.05, 0.1) is 28.2 Å². The monoisotopic (exact) mass is 519 g/mol. The van der Waals surface area contributed by atoms with E-state index in [1.165, 1.54) is 32.1 Å². The van der Waals surface area contributed by atoms with Crippen molar-refractivity contribution in [3.63, 3.8) is 0 Å². The topological polar surface area (TPSA) is 98.7 Å². The minimum Gasteiger partial charge on any atom is -0.344 e. The zero-order chi connectivity index (χ0) is 26.6. The van der Waals surface area contributed by atoms with Crippen molar-refractivity contribution in [2.45, 2.75) is 20.4 Å². The van der Waals surface area contributed by atoms with Crippen LogP contribution in [0.2, 0.25) is 0 Å². The van der Waals surface area contributed by atoms with E-state index >= 15 is 0 Å². The molecule has 0 aliphatic heterocycles. The lowest BCUT2D eigenvalue weighted by atomic mass is 10.2. The zero-order valence-electron chi connectivity index (χ0n) is 20.5. The second-order valence-electron chi connectivity index (χ2n) is 8.87. The number of hydrogen-bond acceptors (Lipinski definition) is 6. The van der Waals surface area contributed by atoms with Crippen molar-refractivity contribution >= 4 is 33.1 Å². The fourth-order valence-electron chi connectivity index (χ4n) is 4.32. The molecular formula is C26H22FN5O4S. The SMILES string of the molecule is Cc1c(C(=O)N(C)C)sc2c1c(=O)n(-c1ccc(F)cc1)c(=O)n2Cc1cc(=O)n2c(C)cccc2n1. The molecule has 4 heterocycles. The molecule has 0 unspecified atom stereocenters. The highest BCUT2D eigenvalue weighted by atomic mass is 32.1. The number of nitrogens with zero attached hydrogens (tertiary/aromatic N) is 5. The standard InChI is InChI=1S/C26H22FN5O4S/c1-14-6-5-7-19-28-17(12-20(33)31(14)19)13-30-25-21(15(2)22(37-25)24(35)29(3)4)23(34)32(26(30)36)18-10-8-16(27)9-11-18/h5-12H,13H2,1-4H3. The number of hydrogen-bond donors (Lipinski definition) is 0. The summed E-state index contributed by atoms with van der Waals surface area (Å²) < 4.78 is 17.3. The average Bonchev–Trinajstić information content (AvgIpc) is 3.19. The number of aryl methyl sites for hydroxylation is 2. The molecule has 0 bridgehead atoms. The minimum absolute atomic E-state index is 0.119. The minimum atomic E-state index is -0.694. The van der Waals surface area contributed by atoms with Crippen LogP contribution in [0.5, 0.6) is 0 Å². The van der Waals surface area contributed by atoms with Gasteiger partial charge in [0.15, 0.2) is 0 Å². The first-order valence-electron chi connectivity index (χ1n) is 11.3. The smallest absolute Gasteiger partial charge is 0.337 e. The number of aromatic nitrogens is 4. The van der Waals surface area contributed by atoms with Crippen molar-refractivity contribution in [1.29, 1.82) is 0 Å². The van der Waals surface area contributed by atoms with E-state index in [2.05, 4.69) is 4.98 Å². The molecule has 188 valence electrons. The van der Waals surface area contributed by atoms with E-state index in [9.17, 15) is 23.6 Å². The largest absolute Gasteiger partial charge is 0.344 e. The van der Waals surface area contributed by atoms with Crippen molar-refractivity contribution < 1.29 is 9.18 Å². The lowest BCUT2D eigenvalue weighted by molar-refractivity contribution is 0.0831. The first-order chi connectivity index (χ1) is 17.6. The Morgan fingerprint density at radius 3 is 2.43 bits per heavy atom. The lowest BCUT2D eigenvalue weighted by Crippen LogP contribution is -2.39. The summed E-state index contributed by atoms with van der Waals surface area (Å²) in [4.78, 5) is 59.6. The molecule has 0 fully saturated rings. The summed E-state index contributed by atoms with van der Waals surface area (Å²) in [5.41, 5.74) is 0.457. The third kappa shape index (κ3) is 3.97. The fourth-order valence-corrected chi connectivity index (χ4v) is 5.63. The van der Waals surface area contributed by atoms with Gasteiger partial charge in [-0.3, -0.25) is 23.4 Å². The Morgan fingerprint density at radius 2 is 1.76 bits per heavy atom. The zero-order valence-corrected chi connectivity index (χ0v) is 21.3. The quantitative estimate of drug-likeness (QED) is 0.364. The summed E-state index contributed by atoms with van der Waals surface area (Å²) in [6.07, 6.45) is 0. The number of fused-ring (bicyclic) bond motifs is 2. The van der Waals surface area contributed by atoms with Crippen molar-refractivity contribution in [2.24, 2.45) is 0 Å². The molecule has 37 heavy (non-hydrogen) atoms. The average molecular weight is 520 g/mol. The van der Waals surface area contributed by atoms with E-state index in [-0.39, 0.29) is 29.1 Å². The van der Waals surface area contributed by atoms with Gasteiger partial charge in [-0.05, 0) is 55.8 Å². The highest BCUT2D eigenvalue weighted by Gasteiger charge is 2.25. The summed E-state index contributed by atoms with van der Waals surface area (Å²) in [7, 11) is 3.20. The maximum absolute atomic E-state index is 13.8. The molecule has 1 amide bonds.